The van der Waals surface area contributed by atoms with Crippen LogP contribution < -0.4 is 5.32 Å². The van der Waals surface area contributed by atoms with Gasteiger partial charge in [-0.15, -0.1) is 0 Å². The maximum atomic E-state index is 12.5. The molecular formula is C17H21NO4. The van der Waals surface area contributed by atoms with Gasteiger partial charge in [-0.25, -0.2) is 4.79 Å². The first kappa shape index (κ1) is 16.2. The van der Waals surface area contributed by atoms with Crippen molar-refractivity contribution in [3.8, 4) is 0 Å². The number of ether oxygens (including phenoxy) is 1. The number of Topliss-reactive ketones (excluding diaryl/α,β-unsaturated/α-hetero) is 2. The molecule has 2 rings (SSSR count). The van der Waals surface area contributed by atoms with Crippen LogP contribution in [0.25, 0.3) is 0 Å². The van der Waals surface area contributed by atoms with Crippen LogP contribution in [0.15, 0.2) is 24.3 Å². The summed E-state index contributed by atoms with van der Waals surface area (Å²) in [6.45, 7) is 3.35. The number of amides is 1. The van der Waals surface area contributed by atoms with E-state index in [0.717, 1.165) is 11.1 Å². The minimum atomic E-state index is -1.19. The second-order valence-electron chi connectivity index (χ2n) is 5.79. The smallest absolute Gasteiger partial charge is 0.407 e. The number of ketones is 2. The van der Waals surface area contributed by atoms with E-state index >= 15 is 0 Å². The highest BCUT2D eigenvalue weighted by Gasteiger charge is 2.53. The van der Waals surface area contributed by atoms with Gasteiger partial charge in [0.25, 0.3) is 0 Å². The van der Waals surface area contributed by atoms with Crippen molar-refractivity contribution in [2.45, 2.75) is 39.2 Å². The van der Waals surface area contributed by atoms with Crippen LogP contribution in [-0.2, 0) is 14.3 Å². The highest BCUT2D eigenvalue weighted by molar-refractivity contribution is 6.08. The molecule has 1 unspecified atom stereocenters. The predicted octanol–water partition coefficient (Wildman–Crippen LogP) is 2.72. The molecule has 0 aliphatic heterocycles. The first-order valence-electron chi connectivity index (χ1n) is 7.37. The Labute approximate surface area is 130 Å². The van der Waals surface area contributed by atoms with E-state index in [9.17, 15) is 14.4 Å². The molecule has 1 N–H and O–H groups in total. The van der Waals surface area contributed by atoms with Crippen molar-refractivity contribution in [3.63, 3.8) is 0 Å². The minimum Gasteiger partial charge on any atom is -0.453 e. The quantitative estimate of drug-likeness (QED) is 0.868. The van der Waals surface area contributed by atoms with Crippen molar-refractivity contribution in [1.29, 1.82) is 0 Å². The van der Waals surface area contributed by atoms with Gasteiger partial charge in [0, 0.05) is 6.42 Å². The Hall–Kier alpha value is -2.17. The summed E-state index contributed by atoms with van der Waals surface area (Å²) in [5.74, 6) is -0.319. The summed E-state index contributed by atoms with van der Waals surface area (Å²) in [6.07, 6.45) is 0.824. The molecule has 5 nitrogen and oxygen atoms in total. The van der Waals surface area contributed by atoms with E-state index in [1.807, 2.05) is 31.2 Å². The van der Waals surface area contributed by atoms with Crippen LogP contribution in [0.5, 0.6) is 0 Å². The first-order valence-corrected chi connectivity index (χ1v) is 7.37. The SMILES string of the molecule is COC(=O)NC(c1cccc(C)c1)[C@]1(C(C)=O)CCCC1=O. The Morgan fingerprint density at radius 1 is 1.36 bits per heavy atom. The number of rotatable bonds is 4. The lowest BCUT2D eigenvalue weighted by atomic mass is 9.71. The molecule has 2 atom stereocenters. The summed E-state index contributed by atoms with van der Waals surface area (Å²) in [5, 5.41) is 2.70. The van der Waals surface area contributed by atoms with Gasteiger partial charge in [-0.1, -0.05) is 29.8 Å². The van der Waals surface area contributed by atoms with Crippen LogP contribution in [0, 0.1) is 12.3 Å². The van der Waals surface area contributed by atoms with Crippen molar-refractivity contribution in [1.82, 2.24) is 5.32 Å². The van der Waals surface area contributed by atoms with E-state index in [4.69, 9.17) is 0 Å². The summed E-state index contributed by atoms with van der Waals surface area (Å²) >= 11 is 0. The van der Waals surface area contributed by atoms with Gasteiger partial charge in [-0.2, -0.15) is 0 Å². The number of hydrogen-bond donors (Lipinski definition) is 1. The third-order valence-electron chi connectivity index (χ3n) is 4.42. The van der Waals surface area contributed by atoms with Gasteiger partial charge >= 0.3 is 6.09 Å². The molecular weight excluding hydrogens is 282 g/mol. The number of hydrogen-bond acceptors (Lipinski definition) is 4. The molecule has 118 valence electrons. The van der Waals surface area contributed by atoms with Crippen LogP contribution in [0.2, 0.25) is 0 Å². The highest BCUT2D eigenvalue weighted by atomic mass is 16.5. The monoisotopic (exact) mass is 303 g/mol. The van der Waals surface area contributed by atoms with Crippen LogP contribution in [0.1, 0.15) is 43.4 Å². The standard InChI is InChI=1S/C17H21NO4/c1-11-6-4-7-13(10-11)15(18-16(21)22-3)17(12(2)19)9-5-8-14(17)20/h4,6-7,10,15H,5,8-9H2,1-3H3,(H,18,21)/t15?,17-/m0/s1. The number of benzene rings is 1. The lowest BCUT2D eigenvalue weighted by Gasteiger charge is -2.34. The fourth-order valence-corrected chi connectivity index (χ4v) is 3.29. The summed E-state index contributed by atoms with van der Waals surface area (Å²) in [5.41, 5.74) is 0.552. The summed E-state index contributed by atoms with van der Waals surface area (Å²) in [4.78, 5) is 36.6. The molecule has 0 aromatic heterocycles. The van der Waals surface area contributed by atoms with E-state index in [1.165, 1.54) is 14.0 Å². The minimum absolute atomic E-state index is 0.108. The van der Waals surface area contributed by atoms with E-state index in [1.54, 1.807) is 0 Å². The van der Waals surface area contributed by atoms with Gasteiger partial charge in [0.2, 0.25) is 0 Å². The zero-order chi connectivity index (χ0) is 16.3. The average Bonchev–Trinajstić information content (AvgIpc) is 2.87. The highest BCUT2D eigenvalue weighted by Crippen LogP contribution is 2.46. The predicted molar refractivity (Wildman–Crippen MR) is 81.4 cm³/mol. The van der Waals surface area contributed by atoms with Crippen molar-refractivity contribution >= 4 is 17.7 Å². The molecule has 1 amide bonds. The number of aryl methyl sites for hydroxylation is 1. The largest absolute Gasteiger partial charge is 0.453 e. The lowest BCUT2D eigenvalue weighted by molar-refractivity contribution is -0.139. The van der Waals surface area contributed by atoms with Gasteiger partial charge in [0.05, 0.1) is 13.2 Å². The van der Waals surface area contributed by atoms with Crippen molar-refractivity contribution < 1.29 is 19.1 Å². The molecule has 22 heavy (non-hydrogen) atoms. The van der Waals surface area contributed by atoms with Gasteiger partial charge in [-0.05, 0) is 32.3 Å². The topological polar surface area (TPSA) is 72.5 Å². The molecule has 1 aliphatic rings. The van der Waals surface area contributed by atoms with E-state index in [0.29, 0.717) is 19.3 Å². The molecule has 1 fully saturated rings. The normalized spacial score (nSPS) is 22.2. The van der Waals surface area contributed by atoms with Crippen molar-refractivity contribution in [2.24, 2.45) is 5.41 Å². The molecule has 1 saturated carbocycles. The third-order valence-corrected chi connectivity index (χ3v) is 4.42. The maximum Gasteiger partial charge on any atom is 0.407 e. The molecule has 0 heterocycles. The fraction of sp³-hybridized carbons (Fsp3) is 0.471. The number of methoxy groups -OCH3 is 1. The van der Waals surface area contributed by atoms with Gasteiger partial charge in [-0.3, -0.25) is 9.59 Å². The first-order chi connectivity index (χ1) is 10.4. The van der Waals surface area contributed by atoms with Crippen molar-refractivity contribution in [3.05, 3.63) is 35.4 Å². The van der Waals surface area contributed by atoms with Crippen LogP contribution in [0.3, 0.4) is 0 Å². The summed E-state index contributed by atoms with van der Waals surface area (Å²) < 4.78 is 4.68. The van der Waals surface area contributed by atoms with Gasteiger partial charge < -0.3 is 10.1 Å². The fourth-order valence-electron chi connectivity index (χ4n) is 3.29. The van der Waals surface area contributed by atoms with E-state index < -0.39 is 17.6 Å². The average molecular weight is 303 g/mol. The van der Waals surface area contributed by atoms with Gasteiger partial charge in [0.1, 0.15) is 17.0 Å². The summed E-state index contributed by atoms with van der Waals surface area (Å²) in [6, 6.07) is 6.78. The number of nitrogens with one attached hydrogen (secondary N) is 1. The molecule has 1 aliphatic carbocycles. The Balaban J connectivity index is 2.54. The second-order valence-corrected chi connectivity index (χ2v) is 5.79. The van der Waals surface area contributed by atoms with Crippen LogP contribution in [0.4, 0.5) is 4.79 Å². The third kappa shape index (κ3) is 2.75. The van der Waals surface area contributed by atoms with Crippen molar-refractivity contribution in [2.75, 3.05) is 7.11 Å². The Kier molecular flexibility index (Phi) is 4.64. The maximum absolute atomic E-state index is 12.5. The Bertz CT molecular complexity index is 610. The molecule has 0 saturated heterocycles. The second kappa shape index (κ2) is 6.30. The van der Waals surface area contributed by atoms with Crippen LogP contribution in [-0.4, -0.2) is 24.8 Å². The van der Waals surface area contributed by atoms with E-state index in [-0.39, 0.29) is 11.6 Å². The number of carbonyl (C=O) groups is 3. The molecule has 1 aromatic rings. The molecule has 1 aromatic carbocycles. The van der Waals surface area contributed by atoms with Gasteiger partial charge in [0.15, 0.2) is 0 Å². The Morgan fingerprint density at radius 2 is 2.09 bits per heavy atom. The molecule has 0 bridgehead atoms. The number of carbonyl (C=O) groups excluding carboxylic acids is 3. The molecule has 0 radical (unpaired) electrons. The zero-order valence-electron chi connectivity index (χ0n) is 13.1. The van der Waals surface area contributed by atoms with E-state index in [2.05, 4.69) is 10.1 Å². The zero-order valence-corrected chi connectivity index (χ0v) is 13.1. The summed E-state index contributed by atoms with van der Waals surface area (Å²) in [7, 11) is 1.26. The molecule has 0 spiro atoms. The molecule has 5 heteroatoms. The van der Waals surface area contributed by atoms with Crippen LogP contribution >= 0.6 is 0 Å². The Morgan fingerprint density at radius 3 is 2.59 bits per heavy atom. The number of alkyl carbamates (subject to hydrolysis) is 1. The lowest BCUT2D eigenvalue weighted by Crippen LogP contribution is -2.47.